The van der Waals surface area contributed by atoms with Gasteiger partial charge in [0.1, 0.15) is 0 Å². The molecule has 1 heterocycles. The molecule has 0 saturated carbocycles. The first kappa shape index (κ1) is 12.2. The number of hydrogen-bond donors (Lipinski definition) is 1. The highest BCUT2D eigenvalue weighted by atomic mass is 32.2. The topological polar surface area (TPSA) is 41.5 Å². The number of rotatable bonds is 2. The summed E-state index contributed by atoms with van der Waals surface area (Å²) < 4.78 is 0. The molecule has 0 unspecified atom stereocenters. The second-order valence-corrected chi connectivity index (χ2v) is 5.04. The molecule has 1 N–H and O–H groups in total. The predicted molar refractivity (Wildman–Crippen MR) is 73.7 cm³/mol. The fourth-order valence-electron chi connectivity index (χ4n) is 1.81. The minimum absolute atomic E-state index is 0.189. The molecule has 0 fully saturated rings. The number of hydrogen-bond acceptors (Lipinski definition) is 4. The van der Waals surface area contributed by atoms with Gasteiger partial charge in [0, 0.05) is 18.7 Å². The third kappa shape index (κ3) is 2.88. The van der Waals surface area contributed by atoms with Crippen molar-refractivity contribution in [2.45, 2.75) is 26.7 Å². The number of aliphatic imine (C=N–C) groups is 1. The highest BCUT2D eigenvalue weighted by Gasteiger charge is 2.15. The maximum atomic E-state index is 11.3. The van der Waals surface area contributed by atoms with Crippen LogP contribution in [0.5, 0.6) is 0 Å². The molecule has 90 valence electrons. The molecule has 2 rings (SSSR count). The Morgan fingerprint density at radius 3 is 3.00 bits per heavy atom. The number of carbonyl (C=O) groups excluding carboxylic acids is 1. The van der Waals surface area contributed by atoms with Gasteiger partial charge in [0.05, 0.1) is 0 Å². The van der Waals surface area contributed by atoms with Crippen LogP contribution < -0.4 is 5.32 Å². The van der Waals surface area contributed by atoms with Crippen molar-refractivity contribution >= 4 is 27.7 Å². The standard InChI is InChI=1S/C13H16N2OS/c1-3-10-6-4-5-9(2)12(10)15-13-14-8-7-11(16)17-13/h4-6H,3,7-8H2,1-2H3,(H,14,15). The first-order valence-electron chi connectivity index (χ1n) is 5.81. The van der Waals surface area contributed by atoms with Crippen molar-refractivity contribution in [1.82, 2.24) is 0 Å². The Bertz CT molecular complexity index is 468. The highest BCUT2D eigenvalue weighted by Crippen LogP contribution is 2.24. The normalized spacial score (nSPS) is 15.6. The summed E-state index contributed by atoms with van der Waals surface area (Å²) in [5.74, 6) is 0. The van der Waals surface area contributed by atoms with Gasteiger partial charge in [0.2, 0.25) is 0 Å². The maximum Gasteiger partial charge on any atom is 0.198 e. The van der Waals surface area contributed by atoms with E-state index in [1.54, 1.807) is 0 Å². The number of nitrogens with one attached hydrogen (secondary N) is 1. The van der Waals surface area contributed by atoms with E-state index < -0.39 is 0 Å². The van der Waals surface area contributed by atoms with Crippen LogP contribution in [0, 0.1) is 6.92 Å². The quantitative estimate of drug-likeness (QED) is 0.874. The fraction of sp³-hybridized carbons (Fsp3) is 0.385. The number of carbonyl (C=O) groups is 1. The van der Waals surface area contributed by atoms with Crippen LogP contribution in [-0.2, 0) is 11.2 Å². The van der Waals surface area contributed by atoms with Crippen molar-refractivity contribution in [3.63, 3.8) is 0 Å². The van der Waals surface area contributed by atoms with Gasteiger partial charge in [0.25, 0.3) is 0 Å². The van der Waals surface area contributed by atoms with Crippen LogP contribution in [0.4, 0.5) is 5.69 Å². The lowest BCUT2D eigenvalue weighted by molar-refractivity contribution is -0.110. The van der Waals surface area contributed by atoms with Crippen molar-refractivity contribution < 1.29 is 4.79 Å². The molecule has 0 radical (unpaired) electrons. The number of nitrogens with zero attached hydrogens (tertiary/aromatic N) is 1. The van der Waals surface area contributed by atoms with Crippen LogP contribution in [-0.4, -0.2) is 16.8 Å². The lowest BCUT2D eigenvalue weighted by atomic mass is 10.1. The van der Waals surface area contributed by atoms with E-state index in [2.05, 4.69) is 42.4 Å². The zero-order chi connectivity index (χ0) is 12.3. The van der Waals surface area contributed by atoms with Crippen molar-refractivity contribution in [3.8, 4) is 0 Å². The number of benzene rings is 1. The predicted octanol–water partition coefficient (Wildman–Crippen LogP) is 2.99. The molecular weight excluding hydrogens is 232 g/mol. The van der Waals surface area contributed by atoms with Gasteiger partial charge in [-0.05, 0) is 36.2 Å². The lowest BCUT2D eigenvalue weighted by Crippen LogP contribution is -2.18. The van der Waals surface area contributed by atoms with Gasteiger partial charge in [-0.25, -0.2) is 0 Å². The summed E-state index contributed by atoms with van der Waals surface area (Å²) in [6.07, 6.45) is 1.51. The van der Waals surface area contributed by atoms with E-state index in [9.17, 15) is 4.79 Å². The van der Waals surface area contributed by atoms with E-state index in [0.29, 0.717) is 13.0 Å². The van der Waals surface area contributed by atoms with Crippen LogP contribution in [0.2, 0.25) is 0 Å². The summed E-state index contributed by atoms with van der Waals surface area (Å²) in [5.41, 5.74) is 3.54. The molecule has 17 heavy (non-hydrogen) atoms. The molecule has 1 aliphatic rings. The molecule has 0 spiro atoms. The van der Waals surface area contributed by atoms with Gasteiger partial charge in [-0.15, -0.1) is 0 Å². The van der Waals surface area contributed by atoms with E-state index in [-0.39, 0.29) is 5.12 Å². The number of para-hydroxylation sites is 1. The van der Waals surface area contributed by atoms with Crippen LogP contribution in [0.3, 0.4) is 0 Å². The number of anilines is 1. The molecule has 1 aromatic carbocycles. The zero-order valence-electron chi connectivity index (χ0n) is 10.1. The third-order valence-electron chi connectivity index (χ3n) is 2.75. The molecule has 1 aromatic rings. The van der Waals surface area contributed by atoms with Crippen molar-refractivity contribution in [2.75, 3.05) is 11.9 Å². The van der Waals surface area contributed by atoms with Crippen molar-refractivity contribution in [1.29, 1.82) is 0 Å². The molecular formula is C13H16N2OS. The SMILES string of the molecule is CCc1cccc(C)c1NC1=NCCC(=O)S1. The van der Waals surface area contributed by atoms with Gasteiger partial charge in [-0.3, -0.25) is 9.79 Å². The molecule has 0 amide bonds. The second kappa shape index (κ2) is 5.36. The Labute approximate surface area is 106 Å². The van der Waals surface area contributed by atoms with E-state index in [4.69, 9.17) is 0 Å². The Kier molecular flexibility index (Phi) is 3.84. The van der Waals surface area contributed by atoms with Crippen molar-refractivity contribution in [2.24, 2.45) is 4.99 Å². The summed E-state index contributed by atoms with van der Waals surface area (Å²) in [7, 11) is 0. The van der Waals surface area contributed by atoms with Gasteiger partial charge >= 0.3 is 0 Å². The number of amidine groups is 1. The van der Waals surface area contributed by atoms with E-state index in [1.165, 1.54) is 22.9 Å². The third-order valence-corrected chi connectivity index (χ3v) is 3.61. The highest BCUT2D eigenvalue weighted by molar-refractivity contribution is 8.26. The summed E-state index contributed by atoms with van der Waals surface area (Å²) in [6.45, 7) is 4.79. The smallest absolute Gasteiger partial charge is 0.198 e. The Morgan fingerprint density at radius 1 is 1.47 bits per heavy atom. The van der Waals surface area contributed by atoms with Gasteiger partial charge in [0.15, 0.2) is 10.3 Å². The first-order valence-corrected chi connectivity index (χ1v) is 6.63. The van der Waals surface area contributed by atoms with E-state index >= 15 is 0 Å². The van der Waals surface area contributed by atoms with Crippen LogP contribution in [0.15, 0.2) is 23.2 Å². The molecule has 4 heteroatoms. The average molecular weight is 248 g/mol. The van der Waals surface area contributed by atoms with Gasteiger partial charge in [-0.1, -0.05) is 25.1 Å². The van der Waals surface area contributed by atoms with Crippen LogP contribution in [0.25, 0.3) is 0 Å². The van der Waals surface area contributed by atoms with Gasteiger partial charge < -0.3 is 5.32 Å². The van der Waals surface area contributed by atoms with E-state index in [1.807, 2.05) is 0 Å². The summed E-state index contributed by atoms with van der Waals surface area (Å²) >= 11 is 1.21. The minimum Gasteiger partial charge on any atom is -0.334 e. The maximum absolute atomic E-state index is 11.3. The monoisotopic (exact) mass is 248 g/mol. The Morgan fingerprint density at radius 2 is 2.29 bits per heavy atom. The molecule has 0 bridgehead atoms. The molecule has 0 atom stereocenters. The molecule has 0 aliphatic carbocycles. The zero-order valence-corrected chi connectivity index (χ0v) is 10.9. The summed E-state index contributed by atoms with van der Waals surface area (Å²) in [6, 6.07) is 6.23. The average Bonchev–Trinajstić information content (AvgIpc) is 2.32. The second-order valence-electron chi connectivity index (χ2n) is 4.00. The van der Waals surface area contributed by atoms with E-state index in [0.717, 1.165) is 17.3 Å². The first-order chi connectivity index (χ1) is 8.20. The largest absolute Gasteiger partial charge is 0.334 e. The number of thioether (sulfide) groups is 1. The van der Waals surface area contributed by atoms with Crippen LogP contribution >= 0.6 is 11.8 Å². The summed E-state index contributed by atoms with van der Waals surface area (Å²) in [4.78, 5) is 15.7. The van der Waals surface area contributed by atoms with Gasteiger partial charge in [-0.2, -0.15) is 0 Å². The molecule has 1 aliphatic heterocycles. The fourth-order valence-corrected chi connectivity index (χ4v) is 2.53. The Balaban J connectivity index is 2.23. The molecule has 0 saturated heterocycles. The molecule has 0 aromatic heterocycles. The minimum atomic E-state index is 0.189. The van der Waals surface area contributed by atoms with Crippen LogP contribution in [0.1, 0.15) is 24.5 Å². The number of aryl methyl sites for hydroxylation is 2. The lowest BCUT2D eigenvalue weighted by Gasteiger charge is -2.16. The van der Waals surface area contributed by atoms with Crippen molar-refractivity contribution in [3.05, 3.63) is 29.3 Å². The Hall–Kier alpha value is -1.29. The molecule has 3 nitrogen and oxygen atoms in total. The summed E-state index contributed by atoms with van der Waals surface area (Å²) in [5, 5.41) is 4.21.